The Balaban J connectivity index is 1.92. The molecule has 0 atom stereocenters. The number of aromatic nitrogens is 1. The number of ether oxygens (including phenoxy) is 2. The molecule has 0 saturated carbocycles. The highest BCUT2D eigenvalue weighted by Crippen LogP contribution is 2.34. The number of rotatable bonds is 8. The molecule has 6 nitrogen and oxygen atoms in total. The number of carbonyl (C=O) groups is 1. The average Bonchev–Trinajstić information content (AvgIpc) is 2.81. The van der Waals surface area contributed by atoms with Gasteiger partial charge in [-0.15, -0.1) is 0 Å². The molecule has 0 unspecified atom stereocenters. The Morgan fingerprint density at radius 3 is 2.55 bits per heavy atom. The summed E-state index contributed by atoms with van der Waals surface area (Å²) in [5.41, 5.74) is 11.1. The lowest BCUT2D eigenvalue weighted by atomic mass is 9.94. The smallest absolute Gasteiger partial charge is 0.251 e. The molecular weight excluding hydrogens is 390 g/mol. The van der Waals surface area contributed by atoms with E-state index in [-0.39, 0.29) is 5.91 Å². The Kier molecular flexibility index (Phi) is 7.26. The van der Waals surface area contributed by atoms with Crippen LogP contribution in [-0.2, 0) is 13.1 Å². The zero-order valence-electron chi connectivity index (χ0n) is 18.4. The zero-order chi connectivity index (χ0) is 22.4. The molecule has 6 heteroatoms. The van der Waals surface area contributed by atoms with Gasteiger partial charge in [0.25, 0.3) is 5.91 Å². The third-order valence-corrected chi connectivity index (χ3v) is 5.15. The van der Waals surface area contributed by atoms with Crippen LogP contribution < -0.4 is 20.5 Å². The zero-order valence-corrected chi connectivity index (χ0v) is 18.4. The van der Waals surface area contributed by atoms with E-state index >= 15 is 0 Å². The highest BCUT2D eigenvalue weighted by molar-refractivity contribution is 5.96. The fourth-order valence-corrected chi connectivity index (χ4v) is 3.36. The molecule has 0 radical (unpaired) electrons. The first-order valence-electron chi connectivity index (χ1n) is 10.2. The van der Waals surface area contributed by atoms with Crippen LogP contribution in [0.2, 0.25) is 0 Å². The van der Waals surface area contributed by atoms with Gasteiger partial charge in [-0.3, -0.25) is 9.78 Å². The fourth-order valence-electron chi connectivity index (χ4n) is 3.36. The van der Waals surface area contributed by atoms with Gasteiger partial charge in [0.1, 0.15) is 11.5 Å². The van der Waals surface area contributed by atoms with Crippen molar-refractivity contribution in [1.82, 2.24) is 10.3 Å². The molecule has 1 aromatic heterocycles. The number of carbonyl (C=O) groups excluding carboxylic acids is 1. The number of hydrogen-bond donors (Lipinski definition) is 2. The molecule has 0 aliphatic carbocycles. The Morgan fingerprint density at radius 2 is 1.87 bits per heavy atom. The molecule has 2 aromatic carbocycles. The van der Waals surface area contributed by atoms with Crippen LogP contribution in [0.15, 0.2) is 54.7 Å². The van der Waals surface area contributed by atoms with E-state index in [0.29, 0.717) is 36.0 Å². The number of benzene rings is 2. The second kappa shape index (κ2) is 10.1. The highest BCUT2D eigenvalue weighted by Gasteiger charge is 2.14. The first kappa shape index (κ1) is 22.3. The summed E-state index contributed by atoms with van der Waals surface area (Å²) in [7, 11) is 3.25. The van der Waals surface area contributed by atoms with Crippen molar-refractivity contribution < 1.29 is 14.3 Å². The fraction of sp³-hybridized carbons (Fsp3) is 0.280. The molecule has 0 aliphatic rings. The Morgan fingerprint density at radius 1 is 1.06 bits per heavy atom. The number of methoxy groups -OCH3 is 2. The van der Waals surface area contributed by atoms with E-state index in [0.717, 1.165) is 22.4 Å². The third kappa shape index (κ3) is 5.41. The van der Waals surface area contributed by atoms with Gasteiger partial charge in [0.2, 0.25) is 0 Å². The SMILES string of the molecule is COc1ccnc(CNC(=O)c2cc(CN)cc(-c3cc(C(C)C)ccc3OC)c2)c1. The summed E-state index contributed by atoms with van der Waals surface area (Å²) in [6.45, 7) is 4.92. The molecule has 3 aromatic rings. The van der Waals surface area contributed by atoms with Crippen LogP contribution in [0.25, 0.3) is 11.1 Å². The molecule has 162 valence electrons. The average molecular weight is 420 g/mol. The van der Waals surface area contributed by atoms with Crippen LogP contribution in [-0.4, -0.2) is 25.1 Å². The normalized spacial score (nSPS) is 10.8. The lowest BCUT2D eigenvalue weighted by Gasteiger charge is -2.15. The third-order valence-electron chi connectivity index (χ3n) is 5.15. The second-order valence-electron chi connectivity index (χ2n) is 7.61. The van der Waals surface area contributed by atoms with E-state index in [1.165, 1.54) is 5.56 Å². The van der Waals surface area contributed by atoms with Gasteiger partial charge in [0, 0.05) is 29.9 Å². The molecule has 1 amide bonds. The minimum Gasteiger partial charge on any atom is -0.497 e. The van der Waals surface area contributed by atoms with Crippen LogP contribution in [0.1, 0.15) is 46.9 Å². The maximum absolute atomic E-state index is 12.9. The quantitative estimate of drug-likeness (QED) is 0.569. The molecule has 0 aliphatic heterocycles. The minimum atomic E-state index is -0.194. The van der Waals surface area contributed by atoms with Gasteiger partial charge in [-0.05, 0) is 59.0 Å². The van der Waals surface area contributed by atoms with Gasteiger partial charge >= 0.3 is 0 Å². The predicted octanol–water partition coefficient (Wildman–Crippen LogP) is 4.28. The predicted molar refractivity (Wildman–Crippen MR) is 122 cm³/mol. The summed E-state index contributed by atoms with van der Waals surface area (Å²) in [6, 6.07) is 15.4. The maximum Gasteiger partial charge on any atom is 0.251 e. The van der Waals surface area contributed by atoms with Crippen molar-refractivity contribution in [3.05, 3.63) is 77.1 Å². The molecule has 0 fully saturated rings. The Hall–Kier alpha value is -3.38. The summed E-state index contributed by atoms with van der Waals surface area (Å²) in [4.78, 5) is 17.2. The van der Waals surface area contributed by atoms with Crippen molar-refractivity contribution in [3.63, 3.8) is 0 Å². The summed E-state index contributed by atoms with van der Waals surface area (Å²) >= 11 is 0. The van der Waals surface area contributed by atoms with Gasteiger partial charge in [-0.25, -0.2) is 0 Å². The van der Waals surface area contributed by atoms with E-state index in [1.807, 2.05) is 24.3 Å². The molecule has 0 spiro atoms. The van der Waals surface area contributed by atoms with Crippen molar-refractivity contribution in [2.45, 2.75) is 32.9 Å². The van der Waals surface area contributed by atoms with E-state index in [4.69, 9.17) is 15.2 Å². The maximum atomic E-state index is 12.9. The van der Waals surface area contributed by atoms with Crippen molar-refractivity contribution >= 4 is 5.91 Å². The Bertz CT molecular complexity index is 1060. The van der Waals surface area contributed by atoms with E-state index < -0.39 is 0 Å². The first-order valence-corrected chi connectivity index (χ1v) is 10.2. The standard InChI is InChI=1S/C25H29N3O3/c1-16(2)18-5-6-24(31-4)23(12-18)19-9-17(14-26)10-20(11-19)25(29)28-15-21-13-22(30-3)7-8-27-21/h5-13,16H,14-15,26H2,1-4H3,(H,28,29). The van der Waals surface area contributed by atoms with Gasteiger partial charge in [-0.2, -0.15) is 0 Å². The van der Waals surface area contributed by atoms with Crippen LogP contribution in [0.4, 0.5) is 0 Å². The van der Waals surface area contributed by atoms with Crippen LogP contribution in [0, 0.1) is 0 Å². The molecular formula is C25H29N3O3. The number of pyridine rings is 1. The van der Waals surface area contributed by atoms with Crippen LogP contribution in [0.5, 0.6) is 11.5 Å². The molecule has 31 heavy (non-hydrogen) atoms. The number of nitrogens with two attached hydrogens (primary N) is 1. The summed E-state index contributed by atoms with van der Waals surface area (Å²) in [5.74, 6) is 1.63. The second-order valence-corrected chi connectivity index (χ2v) is 7.61. The highest BCUT2D eigenvalue weighted by atomic mass is 16.5. The number of hydrogen-bond acceptors (Lipinski definition) is 5. The molecule has 0 bridgehead atoms. The summed E-state index contributed by atoms with van der Waals surface area (Å²) in [5, 5.41) is 2.93. The van der Waals surface area contributed by atoms with E-state index in [2.05, 4.69) is 36.3 Å². The van der Waals surface area contributed by atoms with Crippen molar-refractivity contribution in [3.8, 4) is 22.6 Å². The number of nitrogens with zero attached hydrogens (tertiary/aromatic N) is 1. The van der Waals surface area contributed by atoms with Crippen molar-refractivity contribution in [2.24, 2.45) is 5.73 Å². The van der Waals surface area contributed by atoms with Crippen LogP contribution >= 0.6 is 0 Å². The van der Waals surface area contributed by atoms with Gasteiger partial charge < -0.3 is 20.5 Å². The molecule has 1 heterocycles. The molecule has 3 N–H and O–H groups in total. The first-order chi connectivity index (χ1) is 14.9. The van der Waals surface area contributed by atoms with E-state index in [1.54, 1.807) is 32.5 Å². The van der Waals surface area contributed by atoms with Crippen LogP contribution in [0.3, 0.4) is 0 Å². The largest absolute Gasteiger partial charge is 0.497 e. The van der Waals surface area contributed by atoms with Gasteiger partial charge in [-0.1, -0.05) is 19.9 Å². The number of amides is 1. The van der Waals surface area contributed by atoms with Crippen molar-refractivity contribution in [2.75, 3.05) is 14.2 Å². The minimum absolute atomic E-state index is 0.194. The number of nitrogens with one attached hydrogen (secondary N) is 1. The Labute approximate surface area is 183 Å². The lowest BCUT2D eigenvalue weighted by molar-refractivity contribution is 0.0950. The summed E-state index contributed by atoms with van der Waals surface area (Å²) in [6.07, 6.45) is 1.65. The monoisotopic (exact) mass is 419 g/mol. The lowest BCUT2D eigenvalue weighted by Crippen LogP contribution is -2.23. The van der Waals surface area contributed by atoms with E-state index in [9.17, 15) is 4.79 Å². The molecule has 0 saturated heterocycles. The van der Waals surface area contributed by atoms with Crippen molar-refractivity contribution in [1.29, 1.82) is 0 Å². The van der Waals surface area contributed by atoms with Gasteiger partial charge in [0.05, 0.1) is 26.5 Å². The molecule has 3 rings (SSSR count). The summed E-state index contributed by atoms with van der Waals surface area (Å²) < 4.78 is 10.8. The topological polar surface area (TPSA) is 86.5 Å². The van der Waals surface area contributed by atoms with Gasteiger partial charge in [0.15, 0.2) is 0 Å².